The average molecular weight is 183 g/mol. The molecule has 0 aromatic carbocycles. The number of aromatic nitrogens is 3. The lowest BCUT2D eigenvalue weighted by atomic mass is 10.1. The van der Waals surface area contributed by atoms with E-state index >= 15 is 0 Å². The van der Waals surface area contributed by atoms with Gasteiger partial charge in [-0.15, -0.1) is 5.10 Å². The molecule has 1 aromatic heterocycles. The highest BCUT2D eigenvalue weighted by atomic mass is 16.3. The van der Waals surface area contributed by atoms with Gasteiger partial charge in [-0.1, -0.05) is 26.0 Å². The molecule has 1 aromatic rings. The van der Waals surface area contributed by atoms with Crippen LogP contribution in [0, 0.1) is 5.92 Å². The lowest BCUT2D eigenvalue weighted by Gasteiger charge is -2.05. The van der Waals surface area contributed by atoms with Crippen molar-refractivity contribution in [3.63, 3.8) is 0 Å². The van der Waals surface area contributed by atoms with E-state index in [2.05, 4.69) is 24.2 Å². The molecule has 4 heteroatoms. The summed E-state index contributed by atoms with van der Waals surface area (Å²) in [5, 5.41) is 17.3. The minimum atomic E-state index is -0.534. The molecular weight excluding hydrogens is 166 g/mol. The molecule has 1 atom stereocenters. The van der Waals surface area contributed by atoms with Crippen molar-refractivity contribution in [2.24, 2.45) is 5.92 Å². The molecule has 74 valence electrons. The molecule has 0 aliphatic heterocycles. The number of aliphatic hydroxyl groups is 1. The highest BCUT2D eigenvalue weighted by Gasteiger charge is 2.07. The van der Waals surface area contributed by atoms with E-state index in [4.69, 9.17) is 0 Å². The van der Waals surface area contributed by atoms with E-state index in [0.29, 0.717) is 12.3 Å². The van der Waals surface area contributed by atoms with E-state index in [0.717, 1.165) is 12.1 Å². The van der Waals surface area contributed by atoms with Gasteiger partial charge in [-0.3, -0.25) is 0 Å². The van der Waals surface area contributed by atoms with E-state index < -0.39 is 6.23 Å². The van der Waals surface area contributed by atoms with Gasteiger partial charge in [0.2, 0.25) is 0 Å². The quantitative estimate of drug-likeness (QED) is 0.767. The molecule has 0 aliphatic rings. The van der Waals surface area contributed by atoms with Crippen LogP contribution in [0.2, 0.25) is 0 Å². The van der Waals surface area contributed by atoms with Crippen LogP contribution in [-0.4, -0.2) is 20.1 Å². The Balaban J connectivity index is 2.63. The number of rotatable bonds is 4. The number of hydrogen-bond acceptors (Lipinski definition) is 3. The summed E-state index contributed by atoms with van der Waals surface area (Å²) in [5.74, 6) is 0.573. The maximum atomic E-state index is 9.44. The zero-order valence-electron chi connectivity index (χ0n) is 8.44. The molecule has 13 heavy (non-hydrogen) atoms. The van der Waals surface area contributed by atoms with E-state index in [9.17, 15) is 5.11 Å². The lowest BCUT2D eigenvalue weighted by Crippen LogP contribution is -2.07. The fourth-order valence-corrected chi connectivity index (χ4v) is 1.16. The molecule has 0 amide bonds. The maximum absolute atomic E-state index is 9.44. The van der Waals surface area contributed by atoms with Crippen LogP contribution in [0.3, 0.4) is 0 Å². The predicted octanol–water partition coefficient (Wildman–Crippen LogP) is 1.38. The predicted molar refractivity (Wildman–Crippen MR) is 50.1 cm³/mol. The van der Waals surface area contributed by atoms with Crippen molar-refractivity contribution in [1.29, 1.82) is 0 Å². The summed E-state index contributed by atoms with van der Waals surface area (Å²) in [6.45, 7) is 6.18. The summed E-state index contributed by atoms with van der Waals surface area (Å²) in [6.07, 6.45) is 2.85. The third-order valence-electron chi connectivity index (χ3n) is 1.85. The topological polar surface area (TPSA) is 50.9 Å². The van der Waals surface area contributed by atoms with Gasteiger partial charge < -0.3 is 5.11 Å². The minimum Gasteiger partial charge on any atom is -0.372 e. The molecule has 1 rings (SSSR count). The van der Waals surface area contributed by atoms with Gasteiger partial charge in [0.05, 0.1) is 11.9 Å². The van der Waals surface area contributed by atoms with Crippen molar-refractivity contribution in [3.8, 4) is 0 Å². The number of aliphatic hydroxyl groups excluding tert-OH is 1. The maximum Gasteiger partial charge on any atom is 0.148 e. The van der Waals surface area contributed by atoms with Crippen molar-refractivity contribution < 1.29 is 5.11 Å². The Hall–Kier alpha value is -0.900. The summed E-state index contributed by atoms with van der Waals surface area (Å²) < 4.78 is 1.51. The monoisotopic (exact) mass is 183 g/mol. The molecule has 0 saturated carbocycles. The molecule has 0 spiro atoms. The molecule has 4 nitrogen and oxygen atoms in total. The highest BCUT2D eigenvalue weighted by Crippen LogP contribution is 2.08. The van der Waals surface area contributed by atoms with E-state index in [1.54, 1.807) is 0 Å². The molecular formula is C9H17N3O. The average Bonchev–Trinajstić information content (AvgIpc) is 2.50. The normalized spacial score (nSPS) is 13.6. The van der Waals surface area contributed by atoms with Crippen molar-refractivity contribution in [2.75, 3.05) is 0 Å². The van der Waals surface area contributed by atoms with Crippen LogP contribution in [0.5, 0.6) is 0 Å². The van der Waals surface area contributed by atoms with Crippen LogP contribution in [0.15, 0.2) is 6.20 Å². The van der Waals surface area contributed by atoms with E-state index in [1.807, 2.05) is 13.1 Å². The van der Waals surface area contributed by atoms with Crippen molar-refractivity contribution >= 4 is 0 Å². The first-order valence-corrected chi connectivity index (χ1v) is 4.72. The van der Waals surface area contributed by atoms with Crippen molar-refractivity contribution in [3.05, 3.63) is 11.9 Å². The third-order valence-corrected chi connectivity index (χ3v) is 1.85. The number of nitrogens with zero attached hydrogens (tertiary/aromatic N) is 3. The van der Waals surface area contributed by atoms with Crippen LogP contribution in [0.1, 0.15) is 39.1 Å². The Bertz CT molecular complexity index is 257. The summed E-state index contributed by atoms with van der Waals surface area (Å²) >= 11 is 0. The van der Waals surface area contributed by atoms with Gasteiger partial charge in [0.25, 0.3) is 0 Å². The van der Waals surface area contributed by atoms with Gasteiger partial charge in [-0.05, 0) is 18.8 Å². The Kier molecular flexibility index (Phi) is 3.42. The Labute approximate surface area is 78.6 Å². The first-order valence-electron chi connectivity index (χ1n) is 4.72. The zero-order valence-corrected chi connectivity index (χ0v) is 8.44. The molecule has 0 fully saturated rings. The molecule has 0 saturated heterocycles. The van der Waals surface area contributed by atoms with Crippen molar-refractivity contribution in [1.82, 2.24) is 15.0 Å². The second kappa shape index (κ2) is 4.37. The van der Waals surface area contributed by atoms with Crippen LogP contribution in [0.25, 0.3) is 0 Å². The van der Waals surface area contributed by atoms with Gasteiger partial charge in [0.15, 0.2) is 0 Å². The summed E-state index contributed by atoms with van der Waals surface area (Å²) in [5.41, 5.74) is 0.947. The first kappa shape index (κ1) is 10.2. The van der Waals surface area contributed by atoms with E-state index in [1.165, 1.54) is 4.68 Å². The summed E-state index contributed by atoms with van der Waals surface area (Å²) in [7, 11) is 0. The zero-order chi connectivity index (χ0) is 9.84. The SMILES string of the molecule is CCC(O)n1cc(CC(C)C)nn1. The second-order valence-electron chi connectivity index (χ2n) is 3.68. The lowest BCUT2D eigenvalue weighted by molar-refractivity contribution is 0.0847. The standard InChI is InChI=1S/C9H17N3O/c1-4-9(13)12-6-8(10-11-12)5-7(2)3/h6-7,9,13H,4-5H2,1-3H3. The first-order chi connectivity index (χ1) is 6.13. The van der Waals surface area contributed by atoms with Gasteiger partial charge in [-0.25, -0.2) is 4.68 Å². The van der Waals surface area contributed by atoms with Gasteiger partial charge >= 0.3 is 0 Å². The fraction of sp³-hybridized carbons (Fsp3) is 0.778. The van der Waals surface area contributed by atoms with Crippen LogP contribution < -0.4 is 0 Å². The van der Waals surface area contributed by atoms with Gasteiger partial charge in [0.1, 0.15) is 6.23 Å². The van der Waals surface area contributed by atoms with Gasteiger partial charge in [-0.2, -0.15) is 0 Å². The summed E-state index contributed by atoms with van der Waals surface area (Å²) in [4.78, 5) is 0. The molecule has 1 unspecified atom stereocenters. The van der Waals surface area contributed by atoms with Crippen molar-refractivity contribution in [2.45, 2.75) is 39.8 Å². The third kappa shape index (κ3) is 2.81. The number of hydrogen-bond donors (Lipinski definition) is 1. The fourth-order valence-electron chi connectivity index (χ4n) is 1.16. The smallest absolute Gasteiger partial charge is 0.148 e. The molecule has 1 N–H and O–H groups in total. The largest absolute Gasteiger partial charge is 0.372 e. The van der Waals surface area contributed by atoms with Crippen LogP contribution in [-0.2, 0) is 6.42 Å². The highest BCUT2D eigenvalue weighted by molar-refractivity contribution is 4.93. The Morgan fingerprint density at radius 3 is 2.77 bits per heavy atom. The minimum absolute atomic E-state index is 0.534. The Morgan fingerprint density at radius 2 is 2.23 bits per heavy atom. The second-order valence-corrected chi connectivity index (χ2v) is 3.68. The molecule has 1 heterocycles. The van der Waals surface area contributed by atoms with Crippen LogP contribution >= 0.6 is 0 Å². The summed E-state index contributed by atoms with van der Waals surface area (Å²) in [6, 6.07) is 0. The molecule has 0 radical (unpaired) electrons. The Morgan fingerprint density at radius 1 is 1.54 bits per heavy atom. The van der Waals surface area contributed by atoms with Gasteiger partial charge in [0, 0.05) is 0 Å². The molecule has 0 aliphatic carbocycles. The van der Waals surface area contributed by atoms with Crippen LogP contribution in [0.4, 0.5) is 0 Å². The molecule has 0 bridgehead atoms. The van der Waals surface area contributed by atoms with E-state index in [-0.39, 0.29) is 0 Å².